The van der Waals surface area contributed by atoms with Gasteiger partial charge in [-0.1, -0.05) is 11.6 Å². The second-order valence-corrected chi connectivity index (χ2v) is 6.12. The maximum Gasteiger partial charge on any atom is 0.160 e. The molecule has 0 N–H and O–H groups in total. The van der Waals surface area contributed by atoms with E-state index in [4.69, 9.17) is 23.2 Å². The third-order valence-electron chi connectivity index (χ3n) is 3.59. The van der Waals surface area contributed by atoms with Gasteiger partial charge < -0.3 is 4.57 Å². The Labute approximate surface area is 116 Å². The minimum absolute atomic E-state index is 0.126. The highest BCUT2D eigenvalue weighted by atomic mass is 35.5. The van der Waals surface area contributed by atoms with Crippen LogP contribution in [0.1, 0.15) is 43.9 Å². The van der Waals surface area contributed by atoms with Crippen LogP contribution in [0.15, 0.2) is 12.3 Å². The monoisotopic (exact) mass is 283 g/mol. The maximum atomic E-state index is 6.24. The van der Waals surface area contributed by atoms with E-state index in [1.807, 2.05) is 13.0 Å². The molecule has 1 saturated carbocycles. The van der Waals surface area contributed by atoms with E-state index >= 15 is 0 Å². The molecule has 5 heteroatoms. The molecule has 2 aromatic rings. The van der Waals surface area contributed by atoms with Crippen LogP contribution in [0.2, 0.25) is 5.02 Å². The van der Waals surface area contributed by atoms with E-state index in [1.54, 1.807) is 6.20 Å². The molecule has 18 heavy (non-hydrogen) atoms. The smallest absolute Gasteiger partial charge is 0.160 e. The van der Waals surface area contributed by atoms with Gasteiger partial charge in [-0.25, -0.2) is 9.97 Å². The molecule has 0 saturated heterocycles. The van der Waals surface area contributed by atoms with Gasteiger partial charge in [0.2, 0.25) is 0 Å². The summed E-state index contributed by atoms with van der Waals surface area (Å²) in [5.41, 5.74) is 1.72. The first-order valence-corrected chi connectivity index (χ1v) is 7.07. The molecule has 0 spiro atoms. The summed E-state index contributed by atoms with van der Waals surface area (Å²) in [5.74, 6) is 1.62. The van der Waals surface area contributed by atoms with Gasteiger partial charge in [0.25, 0.3) is 0 Å². The fourth-order valence-electron chi connectivity index (χ4n) is 2.45. The van der Waals surface area contributed by atoms with Crippen molar-refractivity contribution in [2.24, 2.45) is 5.92 Å². The molecule has 3 nitrogen and oxygen atoms in total. The van der Waals surface area contributed by atoms with Crippen LogP contribution in [0.5, 0.6) is 0 Å². The first kappa shape index (κ1) is 12.2. The lowest BCUT2D eigenvalue weighted by Gasteiger charge is -2.17. The van der Waals surface area contributed by atoms with Crippen molar-refractivity contribution in [1.29, 1.82) is 0 Å². The number of pyridine rings is 1. The summed E-state index contributed by atoms with van der Waals surface area (Å²) < 4.78 is 2.18. The predicted molar refractivity (Wildman–Crippen MR) is 74.2 cm³/mol. The van der Waals surface area contributed by atoms with Crippen molar-refractivity contribution in [2.45, 2.75) is 38.1 Å². The molecule has 1 aliphatic rings. The molecule has 2 unspecified atom stereocenters. The number of aromatic nitrogens is 3. The Hall–Kier alpha value is -0.800. The van der Waals surface area contributed by atoms with E-state index < -0.39 is 0 Å². The van der Waals surface area contributed by atoms with Gasteiger partial charge in [0.05, 0.1) is 10.4 Å². The van der Waals surface area contributed by atoms with E-state index in [1.165, 1.54) is 12.8 Å². The van der Waals surface area contributed by atoms with E-state index in [0.717, 1.165) is 22.9 Å². The lowest BCUT2D eigenvalue weighted by atomic mass is 10.2. The van der Waals surface area contributed by atoms with Crippen LogP contribution in [0, 0.1) is 5.92 Å². The van der Waals surface area contributed by atoms with Crippen molar-refractivity contribution in [1.82, 2.24) is 14.5 Å². The molecular formula is C13H15Cl2N3. The van der Waals surface area contributed by atoms with Gasteiger partial charge in [0.15, 0.2) is 5.65 Å². The van der Waals surface area contributed by atoms with Gasteiger partial charge in [0, 0.05) is 12.2 Å². The van der Waals surface area contributed by atoms with Crippen molar-refractivity contribution in [3.63, 3.8) is 0 Å². The fourth-order valence-corrected chi connectivity index (χ4v) is 2.75. The Kier molecular flexibility index (Phi) is 2.99. The van der Waals surface area contributed by atoms with Crippen LogP contribution < -0.4 is 0 Å². The van der Waals surface area contributed by atoms with Gasteiger partial charge in [-0.15, -0.1) is 11.6 Å². The highest BCUT2D eigenvalue weighted by Gasteiger charge is 2.32. The predicted octanol–water partition coefficient (Wildman–Crippen LogP) is 4.36. The third-order valence-corrected chi connectivity index (χ3v) is 3.99. The van der Waals surface area contributed by atoms with Gasteiger partial charge in [-0.2, -0.15) is 0 Å². The second-order valence-electron chi connectivity index (χ2n) is 5.03. The Morgan fingerprint density at radius 1 is 1.39 bits per heavy atom. The Balaban J connectivity index is 2.21. The molecule has 2 heterocycles. The van der Waals surface area contributed by atoms with E-state index in [9.17, 15) is 0 Å². The molecule has 1 fully saturated rings. The van der Waals surface area contributed by atoms with Crippen molar-refractivity contribution in [2.75, 3.05) is 0 Å². The number of halogens is 2. The van der Waals surface area contributed by atoms with Gasteiger partial charge in [-0.3, -0.25) is 0 Å². The molecule has 0 bridgehead atoms. The summed E-state index contributed by atoms with van der Waals surface area (Å²) in [4.78, 5) is 9.01. The second kappa shape index (κ2) is 4.39. The number of nitrogens with zero attached hydrogens (tertiary/aromatic N) is 3. The van der Waals surface area contributed by atoms with Crippen LogP contribution in [-0.4, -0.2) is 14.5 Å². The van der Waals surface area contributed by atoms with Crippen LogP contribution in [0.3, 0.4) is 0 Å². The van der Waals surface area contributed by atoms with Crippen molar-refractivity contribution in [3.05, 3.63) is 23.1 Å². The standard InChI is InChI=1S/C13H15Cl2N3/c1-7(14)12-17-11-5-10(15)6-16-13(11)18(12)8(2)9-3-4-9/h5-9H,3-4H2,1-2H3. The molecule has 2 aromatic heterocycles. The SMILES string of the molecule is CC(Cl)c1nc2cc(Cl)cnc2n1C(C)C1CC1. The minimum atomic E-state index is -0.126. The Bertz CT molecular complexity index is 587. The molecule has 96 valence electrons. The molecule has 0 radical (unpaired) electrons. The number of fused-ring (bicyclic) bond motifs is 1. The summed E-state index contributed by atoms with van der Waals surface area (Å²) in [7, 11) is 0. The molecule has 2 atom stereocenters. The molecule has 0 aromatic carbocycles. The average Bonchev–Trinajstić information content (AvgIpc) is 3.08. The van der Waals surface area contributed by atoms with E-state index in [-0.39, 0.29) is 5.38 Å². The fraction of sp³-hybridized carbons (Fsp3) is 0.538. The van der Waals surface area contributed by atoms with Crippen LogP contribution in [0.4, 0.5) is 0 Å². The van der Waals surface area contributed by atoms with Crippen molar-refractivity contribution >= 4 is 34.4 Å². The number of rotatable bonds is 3. The molecule has 1 aliphatic carbocycles. The zero-order valence-electron chi connectivity index (χ0n) is 10.4. The lowest BCUT2D eigenvalue weighted by Crippen LogP contribution is -2.12. The van der Waals surface area contributed by atoms with Crippen molar-refractivity contribution < 1.29 is 0 Å². The maximum absolute atomic E-state index is 6.24. The summed E-state index contributed by atoms with van der Waals surface area (Å²) >= 11 is 12.2. The Morgan fingerprint density at radius 3 is 2.72 bits per heavy atom. The summed E-state index contributed by atoms with van der Waals surface area (Å²) in [5, 5.41) is 0.485. The normalized spacial score (nSPS) is 19.1. The summed E-state index contributed by atoms with van der Waals surface area (Å²) in [6.07, 6.45) is 4.24. The molecule has 3 rings (SSSR count). The minimum Gasteiger partial charge on any atom is -0.308 e. The quantitative estimate of drug-likeness (QED) is 0.784. The summed E-state index contributed by atoms with van der Waals surface area (Å²) in [6, 6.07) is 2.25. The number of hydrogen-bond donors (Lipinski definition) is 0. The van der Waals surface area contributed by atoms with E-state index in [2.05, 4.69) is 21.5 Å². The van der Waals surface area contributed by atoms with Gasteiger partial charge in [-0.05, 0) is 38.7 Å². The van der Waals surface area contributed by atoms with Crippen LogP contribution in [-0.2, 0) is 0 Å². The van der Waals surface area contributed by atoms with Gasteiger partial charge >= 0.3 is 0 Å². The number of imidazole rings is 1. The third kappa shape index (κ3) is 1.99. The van der Waals surface area contributed by atoms with Crippen molar-refractivity contribution in [3.8, 4) is 0 Å². The first-order chi connectivity index (χ1) is 8.58. The number of hydrogen-bond acceptors (Lipinski definition) is 2. The zero-order chi connectivity index (χ0) is 12.9. The summed E-state index contributed by atoms with van der Waals surface area (Å²) in [6.45, 7) is 4.17. The molecule has 0 aliphatic heterocycles. The van der Waals surface area contributed by atoms with Crippen LogP contribution in [0.25, 0.3) is 11.2 Å². The number of alkyl halides is 1. The molecular weight excluding hydrogens is 269 g/mol. The lowest BCUT2D eigenvalue weighted by molar-refractivity contribution is 0.477. The largest absolute Gasteiger partial charge is 0.308 e. The first-order valence-electron chi connectivity index (χ1n) is 6.25. The Morgan fingerprint density at radius 2 is 2.11 bits per heavy atom. The topological polar surface area (TPSA) is 30.7 Å². The highest BCUT2D eigenvalue weighted by Crippen LogP contribution is 2.42. The zero-order valence-corrected chi connectivity index (χ0v) is 11.9. The highest BCUT2D eigenvalue weighted by molar-refractivity contribution is 6.31. The van der Waals surface area contributed by atoms with Crippen LogP contribution >= 0.6 is 23.2 Å². The average molecular weight is 284 g/mol. The van der Waals surface area contributed by atoms with Gasteiger partial charge in [0.1, 0.15) is 11.3 Å². The van der Waals surface area contributed by atoms with E-state index in [0.29, 0.717) is 11.1 Å². The molecule has 0 amide bonds.